The average molecular weight is 289 g/mol. The zero-order valence-electron chi connectivity index (χ0n) is 11.2. The summed E-state index contributed by atoms with van der Waals surface area (Å²) in [5.41, 5.74) is 7.77. The molecule has 0 aliphatic heterocycles. The molecule has 20 heavy (non-hydrogen) atoms. The van der Waals surface area contributed by atoms with E-state index < -0.39 is 0 Å². The lowest BCUT2D eigenvalue weighted by atomic mass is 10.2. The number of hydrogen-bond donors (Lipinski definition) is 3. The minimum absolute atomic E-state index is 0.00362. The van der Waals surface area contributed by atoms with E-state index in [1.54, 1.807) is 24.3 Å². The van der Waals surface area contributed by atoms with Crippen LogP contribution in [0, 0.1) is 13.8 Å². The van der Waals surface area contributed by atoms with E-state index in [0.717, 1.165) is 10.4 Å². The summed E-state index contributed by atoms with van der Waals surface area (Å²) in [5, 5.41) is 14.4. The molecule has 1 aromatic heterocycles. The third-order valence-corrected chi connectivity index (χ3v) is 4.07. The quantitative estimate of drug-likeness (QED) is 0.351. The Balaban J connectivity index is 2.20. The van der Waals surface area contributed by atoms with Gasteiger partial charge in [-0.25, -0.2) is 0 Å². The minimum Gasteiger partial charge on any atom is -0.409 e. The molecule has 4 N–H and O–H groups in total. The molecule has 0 saturated carbocycles. The second kappa shape index (κ2) is 5.75. The fourth-order valence-electron chi connectivity index (χ4n) is 1.69. The maximum atomic E-state index is 12.1. The number of amidine groups is 1. The van der Waals surface area contributed by atoms with Gasteiger partial charge in [0.1, 0.15) is 0 Å². The number of nitrogens with one attached hydrogen (secondary N) is 1. The zero-order chi connectivity index (χ0) is 14.7. The third-order valence-electron chi connectivity index (χ3n) is 2.91. The third kappa shape index (κ3) is 2.97. The van der Waals surface area contributed by atoms with Gasteiger partial charge in [0.2, 0.25) is 0 Å². The van der Waals surface area contributed by atoms with Crippen LogP contribution in [0.15, 0.2) is 35.5 Å². The normalized spacial score (nSPS) is 11.4. The molecule has 0 fully saturated rings. The van der Waals surface area contributed by atoms with E-state index in [9.17, 15) is 4.79 Å². The van der Waals surface area contributed by atoms with Crippen LogP contribution in [0.3, 0.4) is 0 Å². The van der Waals surface area contributed by atoms with Crippen LogP contribution in [0.5, 0.6) is 0 Å². The molecule has 6 heteroatoms. The van der Waals surface area contributed by atoms with Gasteiger partial charge in [-0.15, -0.1) is 11.3 Å². The molecule has 1 heterocycles. The number of oxime groups is 1. The monoisotopic (exact) mass is 289 g/mol. The topological polar surface area (TPSA) is 87.7 Å². The summed E-state index contributed by atoms with van der Waals surface area (Å²) in [4.78, 5) is 13.9. The van der Waals surface area contributed by atoms with Crippen LogP contribution < -0.4 is 11.1 Å². The summed E-state index contributed by atoms with van der Waals surface area (Å²) in [5.74, 6) is -0.160. The van der Waals surface area contributed by atoms with Gasteiger partial charge >= 0.3 is 0 Å². The van der Waals surface area contributed by atoms with E-state index in [4.69, 9.17) is 10.9 Å². The Kier molecular flexibility index (Phi) is 4.05. The van der Waals surface area contributed by atoms with Gasteiger partial charge in [0, 0.05) is 16.1 Å². The summed E-state index contributed by atoms with van der Waals surface area (Å²) < 4.78 is 0. The lowest BCUT2D eigenvalue weighted by molar-refractivity contribution is 0.103. The smallest absolute Gasteiger partial charge is 0.265 e. The standard InChI is InChI=1S/C14H15N3O2S/c1-8-6-12(20-9(8)2)14(18)16-11-5-3-4-10(7-11)13(15)17-19/h3-7,19H,1-2H3,(H2,15,17)(H,16,18). The summed E-state index contributed by atoms with van der Waals surface area (Å²) in [6, 6.07) is 8.69. The van der Waals surface area contributed by atoms with E-state index in [1.165, 1.54) is 11.3 Å². The number of nitrogens with zero attached hydrogens (tertiary/aromatic N) is 1. The highest BCUT2D eigenvalue weighted by atomic mass is 32.1. The molecular weight excluding hydrogens is 274 g/mol. The number of nitrogens with two attached hydrogens (primary N) is 1. The maximum Gasteiger partial charge on any atom is 0.265 e. The molecule has 0 aliphatic rings. The number of hydrogen-bond acceptors (Lipinski definition) is 4. The van der Waals surface area contributed by atoms with Gasteiger partial charge < -0.3 is 16.3 Å². The van der Waals surface area contributed by atoms with Crippen molar-refractivity contribution in [2.45, 2.75) is 13.8 Å². The van der Waals surface area contributed by atoms with E-state index >= 15 is 0 Å². The second-order valence-corrected chi connectivity index (χ2v) is 5.63. The Hall–Kier alpha value is -2.34. The number of aryl methyl sites for hydroxylation is 2. The number of amides is 1. The zero-order valence-corrected chi connectivity index (χ0v) is 12.0. The van der Waals surface area contributed by atoms with Crippen molar-refractivity contribution in [2.24, 2.45) is 10.9 Å². The van der Waals surface area contributed by atoms with Crippen molar-refractivity contribution in [1.82, 2.24) is 0 Å². The van der Waals surface area contributed by atoms with Crippen LogP contribution in [0.1, 0.15) is 25.7 Å². The molecule has 1 amide bonds. The Morgan fingerprint density at radius 1 is 1.35 bits per heavy atom. The molecule has 104 valence electrons. The first-order valence-electron chi connectivity index (χ1n) is 5.97. The highest BCUT2D eigenvalue weighted by Crippen LogP contribution is 2.22. The molecule has 2 rings (SSSR count). The van der Waals surface area contributed by atoms with Gasteiger partial charge in [0.25, 0.3) is 5.91 Å². The molecular formula is C14H15N3O2S. The van der Waals surface area contributed by atoms with Crippen LogP contribution in [0.2, 0.25) is 0 Å². The Labute approximate surface area is 120 Å². The van der Waals surface area contributed by atoms with Crippen LogP contribution in [-0.2, 0) is 0 Å². The van der Waals surface area contributed by atoms with Crippen molar-refractivity contribution < 1.29 is 10.0 Å². The molecule has 2 aromatic rings. The molecule has 0 saturated heterocycles. The van der Waals surface area contributed by atoms with Gasteiger partial charge in [-0.1, -0.05) is 17.3 Å². The van der Waals surface area contributed by atoms with Crippen molar-refractivity contribution in [3.63, 3.8) is 0 Å². The molecule has 0 spiro atoms. The number of benzene rings is 1. The van der Waals surface area contributed by atoms with Crippen molar-refractivity contribution in [3.05, 3.63) is 51.2 Å². The van der Waals surface area contributed by atoms with E-state index in [1.807, 2.05) is 19.9 Å². The van der Waals surface area contributed by atoms with Crippen molar-refractivity contribution in [1.29, 1.82) is 0 Å². The predicted octanol–water partition coefficient (Wildman–Crippen LogP) is 2.71. The predicted molar refractivity (Wildman–Crippen MR) is 80.7 cm³/mol. The SMILES string of the molecule is Cc1cc(C(=O)Nc2cccc(C(N)=NO)c2)sc1C. The fourth-order valence-corrected chi connectivity index (χ4v) is 2.62. The van der Waals surface area contributed by atoms with Crippen molar-refractivity contribution in [2.75, 3.05) is 5.32 Å². The van der Waals surface area contributed by atoms with Crippen LogP contribution >= 0.6 is 11.3 Å². The molecule has 1 aromatic carbocycles. The molecule has 0 unspecified atom stereocenters. The molecule has 5 nitrogen and oxygen atoms in total. The lowest BCUT2D eigenvalue weighted by Crippen LogP contribution is -2.14. The summed E-state index contributed by atoms with van der Waals surface area (Å²) in [6.45, 7) is 3.96. The molecule has 0 atom stereocenters. The first-order valence-corrected chi connectivity index (χ1v) is 6.79. The van der Waals surface area contributed by atoms with Gasteiger partial charge in [-0.3, -0.25) is 4.79 Å². The number of carbonyl (C=O) groups is 1. The Bertz CT molecular complexity index is 657. The summed E-state index contributed by atoms with van der Waals surface area (Å²) in [7, 11) is 0. The molecule has 0 bridgehead atoms. The van der Waals surface area contributed by atoms with Gasteiger partial charge in [0.05, 0.1) is 4.88 Å². The van der Waals surface area contributed by atoms with E-state index in [0.29, 0.717) is 16.1 Å². The Morgan fingerprint density at radius 3 is 2.70 bits per heavy atom. The fraction of sp³-hybridized carbons (Fsp3) is 0.143. The van der Waals surface area contributed by atoms with Crippen LogP contribution in [0.4, 0.5) is 5.69 Å². The highest BCUT2D eigenvalue weighted by Gasteiger charge is 2.11. The van der Waals surface area contributed by atoms with Gasteiger partial charge in [-0.2, -0.15) is 0 Å². The number of rotatable bonds is 3. The van der Waals surface area contributed by atoms with Crippen LogP contribution in [0.25, 0.3) is 0 Å². The average Bonchev–Trinajstić information content (AvgIpc) is 2.78. The first-order chi connectivity index (χ1) is 9.51. The van der Waals surface area contributed by atoms with Crippen LogP contribution in [-0.4, -0.2) is 17.0 Å². The van der Waals surface area contributed by atoms with E-state index in [2.05, 4.69) is 10.5 Å². The Morgan fingerprint density at radius 2 is 2.10 bits per heavy atom. The maximum absolute atomic E-state index is 12.1. The number of thiophene rings is 1. The van der Waals surface area contributed by atoms with Crippen molar-refractivity contribution >= 4 is 28.8 Å². The summed E-state index contributed by atoms with van der Waals surface area (Å²) in [6.07, 6.45) is 0. The van der Waals surface area contributed by atoms with Gasteiger partial charge in [-0.05, 0) is 37.6 Å². The molecule has 0 radical (unpaired) electrons. The minimum atomic E-state index is -0.164. The first kappa shape index (κ1) is 14.1. The van der Waals surface area contributed by atoms with Crippen molar-refractivity contribution in [3.8, 4) is 0 Å². The lowest BCUT2D eigenvalue weighted by Gasteiger charge is -2.05. The summed E-state index contributed by atoms with van der Waals surface area (Å²) >= 11 is 1.46. The number of carbonyl (C=O) groups excluding carboxylic acids is 1. The largest absolute Gasteiger partial charge is 0.409 e. The number of anilines is 1. The van der Waals surface area contributed by atoms with Gasteiger partial charge in [0.15, 0.2) is 5.84 Å². The highest BCUT2D eigenvalue weighted by molar-refractivity contribution is 7.14. The molecule has 0 aliphatic carbocycles. The van der Waals surface area contributed by atoms with E-state index in [-0.39, 0.29) is 11.7 Å². The second-order valence-electron chi connectivity index (χ2n) is 4.37.